The van der Waals surface area contributed by atoms with E-state index in [9.17, 15) is 0 Å². The minimum absolute atomic E-state index is 0.0951. The molecule has 0 fully saturated rings. The lowest BCUT2D eigenvalue weighted by Gasteiger charge is -2.17. The molecule has 34 heavy (non-hydrogen) atoms. The van der Waals surface area contributed by atoms with Gasteiger partial charge in [0.1, 0.15) is 11.6 Å². The third-order valence-corrected chi connectivity index (χ3v) is 5.83. The molecule has 2 N–H and O–H groups in total. The smallest absolute Gasteiger partial charge is 0.222 e. The van der Waals surface area contributed by atoms with Crippen molar-refractivity contribution in [3.8, 4) is 11.1 Å². The highest BCUT2D eigenvalue weighted by Gasteiger charge is 2.17. The van der Waals surface area contributed by atoms with E-state index in [0.29, 0.717) is 5.95 Å². The van der Waals surface area contributed by atoms with E-state index in [0.717, 1.165) is 44.6 Å². The van der Waals surface area contributed by atoms with Crippen LogP contribution in [-0.2, 0) is 5.41 Å². The number of benzene rings is 2. The molecule has 0 aliphatic rings. The zero-order valence-corrected chi connectivity index (χ0v) is 20.0. The molecular formula is C27H27N7. The first-order valence-corrected chi connectivity index (χ1v) is 11.3. The molecule has 0 unspecified atom stereocenters. The molecule has 2 aromatic carbocycles. The highest BCUT2D eigenvalue weighted by molar-refractivity contribution is 6.04. The van der Waals surface area contributed by atoms with Crippen LogP contribution in [0.3, 0.4) is 0 Å². The van der Waals surface area contributed by atoms with Crippen LogP contribution in [-0.4, -0.2) is 32.0 Å². The van der Waals surface area contributed by atoms with E-state index in [1.807, 2.05) is 37.9 Å². The van der Waals surface area contributed by atoms with Gasteiger partial charge in [-0.1, -0.05) is 39.0 Å². The van der Waals surface area contributed by atoms with Crippen LogP contribution in [0.25, 0.3) is 32.8 Å². The summed E-state index contributed by atoms with van der Waals surface area (Å²) in [7, 11) is 1.82. The van der Waals surface area contributed by atoms with Gasteiger partial charge in [0, 0.05) is 35.6 Å². The van der Waals surface area contributed by atoms with Crippen molar-refractivity contribution in [2.45, 2.75) is 33.1 Å². The van der Waals surface area contributed by atoms with Gasteiger partial charge in [0.05, 0.1) is 23.6 Å². The van der Waals surface area contributed by atoms with E-state index in [4.69, 9.17) is 0 Å². The molecule has 5 rings (SSSR count). The number of pyridine rings is 1. The lowest BCUT2D eigenvalue weighted by molar-refractivity contribution is 0.545. The molecule has 0 bridgehead atoms. The molecule has 5 aromatic rings. The van der Waals surface area contributed by atoms with Gasteiger partial charge in [0.25, 0.3) is 0 Å². The van der Waals surface area contributed by atoms with Crippen molar-refractivity contribution < 1.29 is 0 Å². The maximum atomic E-state index is 4.61. The largest absolute Gasteiger partial charge is 0.357 e. The molecule has 0 radical (unpaired) electrons. The fraction of sp³-hybridized carbons (Fsp3) is 0.222. The molecule has 0 saturated carbocycles. The molecule has 0 spiro atoms. The summed E-state index contributed by atoms with van der Waals surface area (Å²) in [6.45, 7) is 8.43. The Morgan fingerprint density at radius 2 is 1.62 bits per heavy atom. The van der Waals surface area contributed by atoms with Crippen molar-refractivity contribution >= 4 is 39.1 Å². The third-order valence-electron chi connectivity index (χ3n) is 5.83. The maximum absolute atomic E-state index is 4.61. The van der Waals surface area contributed by atoms with E-state index in [-0.39, 0.29) is 5.41 Å². The Labute approximate surface area is 198 Å². The molecule has 0 aliphatic carbocycles. The van der Waals surface area contributed by atoms with Crippen molar-refractivity contribution in [3.63, 3.8) is 0 Å². The zero-order chi connectivity index (χ0) is 23.9. The van der Waals surface area contributed by atoms with Gasteiger partial charge in [-0.2, -0.15) is 0 Å². The van der Waals surface area contributed by atoms with E-state index >= 15 is 0 Å². The van der Waals surface area contributed by atoms with E-state index in [2.05, 4.69) is 93.6 Å². The number of nitrogens with one attached hydrogen (secondary N) is 2. The van der Waals surface area contributed by atoms with E-state index in [1.54, 1.807) is 0 Å². The average molecular weight is 450 g/mol. The summed E-state index contributed by atoms with van der Waals surface area (Å²) in [5.74, 6) is 2.19. The maximum Gasteiger partial charge on any atom is 0.222 e. The summed E-state index contributed by atoms with van der Waals surface area (Å²) in [5.41, 5.74) is 5.09. The first kappa shape index (κ1) is 21.7. The molecule has 3 aromatic heterocycles. The van der Waals surface area contributed by atoms with Crippen LogP contribution in [0.15, 0.2) is 61.2 Å². The average Bonchev–Trinajstić information content (AvgIpc) is 2.83. The number of rotatable bonds is 4. The Morgan fingerprint density at radius 3 is 2.35 bits per heavy atom. The second kappa shape index (κ2) is 8.33. The second-order valence-corrected chi connectivity index (χ2v) is 9.40. The number of anilines is 3. The van der Waals surface area contributed by atoms with Crippen molar-refractivity contribution in [1.82, 2.24) is 24.9 Å². The first-order valence-electron chi connectivity index (χ1n) is 11.3. The van der Waals surface area contributed by atoms with Gasteiger partial charge in [-0.05, 0) is 47.2 Å². The Kier molecular flexibility index (Phi) is 5.32. The van der Waals surface area contributed by atoms with Crippen LogP contribution in [0.5, 0.6) is 0 Å². The summed E-state index contributed by atoms with van der Waals surface area (Å²) in [5, 5.41) is 9.54. The molecule has 7 nitrogen and oxygen atoms in total. The summed E-state index contributed by atoms with van der Waals surface area (Å²) < 4.78 is 0. The van der Waals surface area contributed by atoms with Crippen LogP contribution < -0.4 is 10.6 Å². The van der Waals surface area contributed by atoms with Gasteiger partial charge in [0.2, 0.25) is 5.95 Å². The zero-order valence-electron chi connectivity index (χ0n) is 20.0. The highest BCUT2D eigenvalue weighted by atomic mass is 15.1. The van der Waals surface area contributed by atoms with Crippen LogP contribution in [0.4, 0.5) is 17.5 Å². The minimum Gasteiger partial charge on any atom is -0.357 e. The van der Waals surface area contributed by atoms with Crippen molar-refractivity contribution in [1.29, 1.82) is 0 Å². The number of nitrogens with zero attached hydrogens (tertiary/aromatic N) is 5. The lowest BCUT2D eigenvalue weighted by atomic mass is 9.94. The van der Waals surface area contributed by atoms with Crippen LogP contribution in [0.1, 0.15) is 32.2 Å². The van der Waals surface area contributed by atoms with Gasteiger partial charge in [0.15, 0.2) is 0 Å². The molecule has 0 amide bonds. The van der Waals surface area contributed by atoms with Crippen molar-refractivity contribution in [2.24, 2.45) is 0 Å². The van der Waals surface area contributed by atoms with Crippen LogP contribution in [0.2, 0.25) is 0 Å². The van der Waals surface area contributed by atoms with E-state index in [1.165, 1.54) is 11.1 Å². The molecular weight excluding hydrogens is 422 g/mol. The fourth-order valence-electron chi connectivity index (χ4n) is 4.07. The summed E-state index contributed by atoms with van der Waals surface area (Å²) in [6.07, 6.45) is 7.31. The normalized spacial score (nSPS) is 11.7. The predicted octanol–water partition coefficient (Wildman–Crippen LogP) is 6.03. The standard InChI is InChI=1S/C27H27N7/c1-16-6-8-21-20(23(16)17-7-9-22-18(12-17)13-32-26(28-5)34-22)10-11-29-24(21)33-19-14-30-25(31-15-19)27(2,3)4/h6-15H,1-5H3,(H,29,33)(H,28,32,34). The Hall–Kier alpha value is -4.13. The van der Waals surface area contributed by atoms with Gasteiger partial charge in [-0.25, -0.2) is 24.9 Å². The SMILES string of the molecule is CNc1ncc2cc(-c3c(C)ccc4c(Nc5cnc(C(C)(C)C)nc5)nccc34)ccc2n1. The van der Waals surface area contributed by atoms with Crippen LogP contribution in [0, 0.1) is 6.92 Å². The van der Waals surface area contributed by atoms with Gasteiger partial charge >= 0.3 is 0 Å². The van der Waals surface area contributed by atoms with Crippen LogP contribution >= 0.6 is 0 Å². The topological polar surface area (TPSA) is 88.5 Å². The Balaban J connectivity index is 1.58. The van der Waals surface area contributed by atoms with Crippen molar-refractivity contribution in [3.05, 3.63) is 72.6 Å². The number of hydrogen-bond acceptors (Lipinski definition) is 7. The van der Waals surface area contributed by atoms with E-state index < -0.39 is 0 Å². The Morgan fingerprint density at radius 1 is 0.824 bits per heavy atom. The number of aryl methyl sites for hydroxylation is 1. The molecule has 3 heterocycles. The highest BCUT2D eigenvalue weighted by Crippen LogP contribution is 2.36. The molecule has 170 valence electrons. The predicted molar refractivity (Wildman–Crippen MR) is 139 cm³/mol. The molecule has 7 heteroatoms. The molecule has 0 saturated heterocycles. The van der Waals surface area contributed by atoms with Gasteiger partial charge < -0.3 is 10.6 Å². The second-order valence-electron chi connectivity index (χ2n) is 9.40. The van der Waals surface area contributed by atoms with Crippen molar-refractivity contribution in [2.75, 3.05) is 17.7 Å². The quantitative estimate of drug-likeness (QED) is 0.346. The number of aromatic nitrogens is 5. The lowest BCUT2D eigenvalue weighted by Crippen LogP contribution is -2.15. The van der Waals surface area contributed by atoms with Gasteiger partial charge in [-0.3, -0.25) is 0 Å². The monoisotopic (exact) mass is 449 g/mol. The number of fused-ring (bicyclic) bond motifs is 2. The third kappa shape index (κ3) is 4.01. The number of hydrogen-bond donors (Lipinski definition) is 2. The van der Waals surface area contributed by atoms with Gasteiger partial charge in [-0.15, -0.1) is 0 Å². The minimum atomic E-state index is -0.0951. The summed E-state index contributed by atoms with van der Waals surface area (Å²) >= 11 is 0. The molecule has 0 atom stereocenters. The molecule has 0 aliphatic heterocycles. The summed E-state index contributed by atoms with van der Waals surface area (Å²) in [6, 6.07) is 12.6. The first-order chi connectivity index (χ1) is 16.3. The summed E-state index contributed by atoms with van der Waals surface area (Å²) in [4.78, 5) is 22.6. The fourth-order valence-corrected chi connectivity index (χ4v) is 4.07. The Bertz CT molecular complexity index is 1500.